The number of hydrogen-bond donors (Lipinski definition) is 1. The zero-order valence-corrected chi connectivity index (χ0v) is 22.3. The van der Waals surface area contributed by atoms with Gasteiger partial charge in [-0.1, -0.05) is 54.4 Å². The Kier molecular flexibility index (Phi) is 9.17. The molecule has 2 aliphatic heterocycles. The van der Waals surface area contributed by atoms with Crippen molar-refractivity contribution in [2.45, 2.75) is 51.5 Å². The first-order chi connectivity index (χ1) is 16.9. The van der Waals surface area contributed by atoms with Gasteiger partial charge in [0, 0.05) is 42.1 Å². The average Bonchev–Trinajstić information content (AvgIpc) is 2.86. The molecule has 0 aromatic heterocycles. The number of carbonyl (C=O) groups is 1. The molecule has 35 heavy (non-hydrogen) atoms. The van der Waals surface area contributed by atoms with E-state index in [0.29, 0.717) is 12.3 Å². The first-order valence-electron chi connectivity index (χ1n) is 12.8. The zero-order valence-electron chi connectivity index (χ0n) is 20.7. The van der Waals surface area contributed by atoms with Gasteiger partial charge in [-0.25, -0.2) is 0 Å². The maximum absolute atomic E-state index is 13.4. The lowest BCUT2D eigenvalue weighted by Crippen LogP contribution is -2.56. The van der Waals surface area contributed by atoms with Crippen LogP contribution >= 0.6 is 23.2 Å². The Morgan fingerprint density at radius 2 is 1.51 bits per heavy atom. The average molecular weight is 516 g/mol. The van der Waals surface area contributed by atoms with Crippen LogP contribution in [0.3, 0.4) is 0 Å². The van der Waals surface area contributed by atoms with Crippen molar-refractivity contribution < 1.29 is 9.82 Å². The third kappa shape index (κ3) is 6.61. The van der Waals surface area contributed by atoms with Gasteiger partial charge < -0.3 is 14.7 Å². The summed E-state index contributed by atoms with van der Waals surface area (Å²) in [5.74, 6) is 0.686. The van der Waals surface area contributed by atoms with E-state index >= 15 is 0 Å². The van der Waals surface area contributed by atoms with Crippen LogP contribution < -0.4 is 0 Å². The highest BCUT2D eigenvalue weighted by Gasteiger charge is 2.35. The van der Waals surface area contributed by atoms with Gasteiger partial charge in [0.25, 0.3) is 0 Å². The van der Waals surface area contributed by atoms with E-state index in [9.17, 15) is 9.82 Å². The lowest BCUT2D eigenvalue weighted by molar-refractivity contribution is -0.138. The van der Waals surface area contributed by atoms with Crippen LogP contribution in [0.15, 0.2) is 48.5 Å². The van der Waals surface area contributed by atoms with Gasteiger partial charge in [-0.2, -0.15) is 0 Å². The van der Waals surface area contributed by atoms with Crippen LogP contribution in [0.2, 0.25) is 16.9 Å². The quantitative estimate of drug-likeness (QED) is 0.513. The number of halogens is 2. The first-order valence-corrected chi connectivity index (χ1v) is 13.6. The molecule has 2 saturated heterocycles. The minimum Gasteiger partial charge on any atom is -0.437 e. The number of hydrogen-bond acceptors (Lipinski definition) is 4. The second-order valence-electron chi connectivity index (χ2n) is 9.97. The van der Waals surface area contributed by atoms with Crippen LogP contribution in [-0.2, 0) is 4.79 Å². The summed E-state index contributed by atoms with van der Waals surface area (Å²) >= 11 is 12.4. The summed E-state index contributed by atoms with van der Waals surface area (Å²) in [4.78, 5) is 20.1. The summed E-state index contributed by atoms with van der Waals surface area (Å²) in [5, 5.41) is 11.3. The fourth-order valence-corrected chi connectivity index (χ4v) is 5.84. The monoisotopic (exact) mass is 515 g/mol. The molecule has 2 aromatic rings. The number of piperazine rings is 1. The predicted octanol–water partition coefficient (Wildman–Crippen LogP) is 5.22. The van der Waals surface area contributed by atoms with Crippen molar-refractivity contribution >= 4 is 36.2 Å². The van der Waals surface area contributed by atoms with Crippen molar-refractivity contribution in [3.8, 4) is 0 Å². The molecule has 0 spiro atoms. The van der Waals surface area contributed by atoms with Gasteiger partial charge in [0.05, 0.1) is 6.04 Å². The van der Waals surface area contributed by atoms with Gasteiger partial charge in [-0.15, -0.1) is 0 Å². The lowest BCUT2D eigenvalue weighted by atomic mass is 9.80. The Labute approximate surface area is 220 Å². The van der Waals surface area contributed by atoms with Gasteiger partial charge in [0.1, 0.15) is 0 Å². The van der Waals surface area contributed by atoms with Crippen LogP contribution in [0.1, 0.15) is 49.8 Å². The molecule has 188 valence electrons. The molecule has 2 fully saturated rings. The van der Waals surface area contributed by atoms with Gasteiger partial charge in [-0.3, -0.25) is 9.69 Å². The number of rotatable bonds is 7. The second kappa shape index (κ2) is 12.1. The Morgan fingerprint density at radius 1 is 0.971 bits per heavy atom. The highest BCUT2D eigenvalue weighted by molar-refractivity contribution is 6.45. The van der Waals surface area contributed by atoms with Crippen molar-refractivity contribution in [1.29, 1.82) is 0 Å². The maximum atomic E-state index is 13.4. The number of benzene rings is 2. The normalized spacial score (nSPS) is 20.4. The summed E-state index contributed by atoms with van der Waals surface area (Å²) < 4.78 is 0. The molecule has 2 aromatic carbocycles. The van der Waals surface area contributed by atoms with Crippen LogP contribution in [0, 0.1) is 5.92 Å². The summed E-state index contributed by atoms with van der Waals surface area (Å²) in [7, 11) is -0.404. The molecule has 5 nitrogen and oxygen atoms in total. The second-order valence-corrected chi connectivity index (χ2v) is 10.8. The molecule has 2 heterocycles. The number of amides is 1. The topological polar surface area (TPSA) is 47.0 Å². The molecule has 4 rings (SSSR count). The molecular formula is C27H36BCl2N3O2. The summed E-state index contributed by atoms with van der Waals surface area (Å²) in [5.41, 5.74) is 2.38. The summed E-state index contributed by atoms with van der Waals surface area (Å²) in [6, 6.07) is 16.4. The summed E-state index contributed by atoms with van der Waals surface area (Å²) in [6.45, 7) is 8.11. The molecule has 0 unspecified atom stereocenters. The SMILES string of the molecule is CC[C@H]1CN(C(c2ccc(Cl)cc2)c2ccc(Cl)cc2)CCN1C(=O)CC1CCN(B(C)O)CC1. The van der Waals surface area contributed by atoms with E-state index in [0.717, 1.165) is 62.0 Å². The van der Waals surface area contributed by atoms with Gasteiger partial charge >= 0.3 is 7.05 Å². The number of piperidine rings is 1. The molecule has 0 radical (unpaired) electrons. The largest absolute Gasteiger partial charge is 0.437 e. The molecule has 0 aliphatic carbocycles. The van der Waals surface area contributed by atoms with Crippen molar-refractivity contribution in [2.75, 3.05) is 32.7 Å². The van der Waals surface area contributed by atoms with E-state index in [1.54, 1.807) is 0 Å². The molecule has 0 bridgehead atoms. The van der Waals surface area contributed by atoms with Crippen molar-refractivity contribution in [3.05, 3.63) is 69.7 Å². The van der Waals surface area contributed by atoms with E-state index in [4.69, 9.17) is 23.2 Å². The van der Waals surface area contributed by atoms with Crippen LogP contribution in [0.5, 0.6) is 0 Å². The minimum atomic E-state index is -0.404. The highest BCUT2D eigenvalue weighted by Crippen LogP contribution is 2.33. The molecule has 1 atom stereocenters. The lowest BCUT2D eigenvalue weighted by Gasteiger charge is -2.45. The molecule has 8 heteroatoms. The van der Waals surface area contributed by atoms with Crippen molar-refractivity contribution in [3.63, 3.8) is 0 Å². The molecule has 0 saturated carbocycles. The van der Waals surface area contributed by atoms with Crippen LogP contribution in [0.4, 0.5) is 0 Å². The van der Waals surface area contributed by atoms with Gasteiger partial charge in [-0.05, 0) is 80.5 Å². The molecule has 1 N–H and O–H groups in total. The van der Waals surface area contributed by atoms with E-state index in [1.165, 1.54) is 11.1 Å². The third-order valence-corrected chi connectivity index (χ3v) is 8.19. The van der Waals surface area contributed by atoms with Crippen molar-refractivity contribution in [2.24, 2.45) is 5.92 Å². The summed E-state index contributed by atoms with van der Waals surface area (Å²) in [6.07, 6.45) is 3.49. The number of nitrogens with zero attached hydrogens (tertiary/aromatic N) is 3. The van der Waals surface area contributed by atoms with E-state index in [2.05, 4.69) is 45.8 Å². The zero-order chi connectivity index (χ0) is 24.9. The van der Waals surface area contributed by atoms with Gasteiger partial charge in [0.2, 0.25) is 5.91 Å². The van der Waals surface area contributed by atoms with E-state index in [-0.39, 0.29) is 18.0 Å². The predicted molar refractivity (Wildman–Crippen MR) is 145 cm³/mol. The first kappa shape index (κ1) is 26.5. The van der Waals surface area contributed by atoms with E-state index in [1.807, 2.05) is 31.1 Å². The smallest absolute Gasteiger partial charge is 0.376 e. The Bertz CT molecular complexity index is 920. The van der Waals surface area contributed by atoms with Crippen molar-refractivity contribution in [1.82, 2.24) is 14.6 Å². The fourth-order valence-electron chi connectivity index (χ4n) is 5.59. The maximum Gasteiger partial charge on any atom is 0.376 e. The highest BCUT2D eigenvalue weighted by atomic mass is 35.5. The Balaban J connectivity index is 1.45. The standard InChI is InChI=1S/C27H36BCl2N3O2/c1-3-25-19-31(16-17-33(25)26(34)18-20-12-14-32(15-13-20)28(2)35)27(21-4-8-23(29)9-5-21)22-6-10-24(30)11-7-22/h4-11,20,25,27,35H,3,12-19H2,1-2H3/t25-/m0/s1. The van der Waals surface area contributed by atoms with Crippen LogP contribution in [-0.4, -0.2) is 71.4 Å². The number of carbonyl (C=O) groups excluding carboxylic acids is 1. The third-order valence-electron chi connectivity index (χ3n) is 7.68. The minimum absolute atomic E-state index is 0.0839. The van der Waals surface area contributed by atoms with Crippen LogP contribution in [0.25, 0.3) is 0 Å². The molecule has 1 amide bonds. The Morgan fingerprint density at radius 3 is 2.00 bits per heavy atom. The van der Waals surface area contributed by atoms with Gasteiger partial charge in [0.15, 0.2) is 0 Å². The van der Waals surface area contributed by atoms with E-state index < -0.39 is 7.05 Å². The fraction of sp³-hybridized carbons (Fsp3) is 0.519. The molecule has 2 aliphatic rings. The molecular weight excluding hydrogens is 480 g/mol. The Hall–Kier alpha value is -1.57.